The molecule has 0 aromatic heterocycles. The van der Waals surface area contributed by atoms with Crippen molar-refractivity contribution in [1.82, 2.24) is 10.2 Å². The second-order valence-corrected chi connectivity index (χ2v) is 6.87. The number of piperidine rings is 1. The standard InChI is InChI=1S/C18H24FN3O2/c1-12-5-3-6-13(2)22(12)18(24)20-15-10-17(23)21(11-15)16-8-4-7-14(19)9-16/h4,7-9,12-13,15H,3,5-6,10-11H2,1-2H3,(H,20,24). The van der Waals surface area contributed by atoms with Crippen molar-refractivity contribution in [1.29, 1.82) is 0 Å². The number of nitrogens with one attached hydrogen (secondary N) is 1. The lowest BCUT2D eigenvalue weighted by molar-refractivity contribution is -0.117. The van der Waals surface area contributed by atoms with Gasteiger partial charge in [-0.3, -0.25) is 4.79 Å². The Bertz CT molecular complexity index is 626. The van der Waals surface area contributed by atoms with Gasteiger partial charge in [-0.05, 0) is 51.3 Å². The number of benzene rings is 1. The zero-order valence-corrected chi connectivity index (χ0v) is 14.2. The van der Waals surface area contributed by atoms with Gasteiger partial charge in [0.15, 0.2) is 0 Å². The summed E-state index contributed by atoms with van der Waals surface area (Å²) in [5.41, 5.74) is 0.538. The quantitative estimate of drug-likeness (QED) is 0.905. The van der Waals surface area contributed by atoms with Crippen molar-refractivity contribution in [3.05, 3.63) is 30.1 Å². The van der Waals surface area contributed by atoms with E-state index in [2.05, 4.69) is 19.2 Å². The minimum absolute atomic E-state index is 0.0920. The van der Waals surface area contributed by atoms with Gasteiger partial charge in [-0.1, -0.05) is 6.07 Å². The minimum Gasteiger partial charge on any atom is -0.333 e. The van der Waals surface area contributed by atoms with Crippen LogP contribution in [0, 0.1) is 5.82 Å². The van der Waals surface area contributed by atoms with Crippen molar-refractivity contribution in [3.63, 3.8) is 0 Å². The van der Waals surface area contributed by atoms with E-state index < -0.39 is 0 Å². The van der Waals surface area contributed by atoms with Crippen LogP contribution in [0.15, 0.2) is 24.3 Å². The predicted octanol–water partition coefficient (Wildman–Crippen LogP) is 2.90. The van der Waals surface area contributed by atoms with Gasteiger partial charge in [-0.2, -0.15) is 0 Å². The molecule has 5 nitrogen and oxygen atoms in total. The molecule has 6 heteroatoms. The molecule has 3 rings (SSSR count). The molecule has 1 N–H and O–H groups in total. The molecule has 0 bridgehead atoms. The van der Waals surface area contributed by atoms with Crippen LogP contribution in [0.2, 0.25) is 0 Å². The SMILES string of the molecule is CC1CCCC(C)N1C(=O)NC1CC(=O)N(c2cccc(F)c2)C1. The Morgan fingerprint density at radius 1 is 1.25 bits per heavy atom. The first kappa shape index (κ1) is 16.7. The zero-order valence-electron chi connectivity index (χ0n) is 14.2. The van der Waals surface area contributed by atoms with Crippen LogP contribution in [0.25, 0.3) is 0 Å². The molecule has 2 aliphatic heterocycles. The first-order valence-corrected chi connectivity index (χ1v) is 8.60. The number of nitrogens with zero attached hydrogens (tertiary/aromatic N) is 2. The van der Waals surface area contributed by atoms with E-state index in [9.17, 15) is 14.0 Å². The predicted molar refractivity (Wildman–Crippen MR) is 90.3 cm³/mol. The summed E-state index contributed by atoms with van der Waals surface area (Å²) in [6, 6.07) is 6.07. The van der Waals surface area contributed by atoms with Crippen LogP contribution in [-0.2, 0) is 4.79 Å². The summed E-state index contributed by atoms with van der Waals surface area (Å²) >= 11 is 0. The summed E-state index contributed by atoms with van der Waals surface area (Å²) in [7, 11) is 0. The molecule has 3 amide bonds. The maximum absolute atomic E-state index is 13.4. The Morgan fingerprint density at radius 2 is 1.96 bits per heavy atom. The van der Waals surface area contributed by atoms with Gasteiger partial charge in [0, 0.05) is 30.7 Å². The van der Waals surface area contributed by atoms with E-state index in [1.807, 2.05) is 4.90 Å². The van der Waals surface area contributed by atoms with Gasteiger partial charge in [0.1, 0.15) is 5.82 Å². The smallest absolute Gasteiger partial charge is 0.318 e. The Morgan fingerprint density at radius 3 is 2.62 bits per heavy atom. The highest BCUT2D eigenvalue weighted by molar-refractivity contribution is 5.96. The molecule has 0 saturated carbocycles. The fraction of sp³-hybridized carbons (Fsp3) is 0.556. The molecule has 1 aromatic carbocycles. The number of rotatable bonds is 2. The summed E-state index contributed by atoms with van der Waals surface area (Å²) < 4.78 is 13.4. The molecular formula is C18H24FN3O2. The highest BCUT2D eigenvalue weighted by Gasteiger charge is 2.35. The van der Waals surface area contributed by atoms with Gasteiger partial charge in [-0.15, -0.1) is 0 Å². The van der Waals surface area contributed by atoms with Gasteiger partial charge >= 0.3 is 6.03 Å². The number of urea groups is 1. The normalized spacial score (nSPS) is 27.5. The molecule has 2 heterocycles. The van der Waals surface area contributed by atoms with Crippen LogP contribution in [-0.4, -0.2) is 41.5 Å². The van der Waals surface area contributed by atoms with Crippen molar-refractivity contribution < 1.29 is 14.0 Å². The number of hydrogen-bond donors (Lipinski definition) is 1. The van der Waals surface area contributed by atoms with Crippen LogP contribution < -0.4 is 10.2 Å². The molecule has 3 atom stereocenters. The molecule has 1 aromatic rings. The Hall–Kier alpha value is -2.11. The molecule has 2 aliphatic rings. The lowest BCUT2D eigenvalue weighted by Gasteiger charge is -2.39. The maximum Gasteiger partial charge on any atom is 0.318 e. The molecule has 0 radical (unpaired) electrons. The van der Waals surface area contributed by atoms with Gasteiger partial charge < -0.3 is 15.1 Å². The third-order valence-electron chi connectivity index (χ3n) is 5.00. The van der Waals surface area contributed by atoms with Gasteiger partial charge in [0.05, 0.1) is 6.04 Å². The van der Waals surface area contributed by atoms with Crippen molar-refractivity contribution in [2.45, 2.75) is 57.7 Å². The third-order valence-corrected chi connectivity index (χ3v) is 5.00. The average molecular weight is 333 g/mol. The molecule has 0 spiro atoms. The molecule has 3 unspecified atom stereocenters. The van der Waals surface area contributed by atoms with Crippen LogP contribution in [0.3, 0.4) is 0 Å². The Balaban J connectivity index is 1.64. The van der Waals surface area contributed by atoms with Gasteiger partial charge in [0.2, 0.25) is 5.91 Å². The molecule has 24 heavy (non-hydrogen) atoms. The van der Waals surface area contributed by atoms with E-state index in [0.717, 1.165) is 19.3 Å². The second kappa shape index (κ2) is 6.79. The number of halogens is 1. The highest BCUT2D eigenvalue weighted by atomic mass is 19.1. The van der Waals surface area contributed by atoms with Crippen LogP contribution in [0.1, 0.15) is 39.5 Å². The lowest BCUT2D eigenvalue weighted by Crippen LogP contribution is -2.54. The van der Waals surface area contributed by atoms with E-state index in [-0.39, 0.29) is 42.3 Å². The van der Waals surface area contributed by atoms with Crippen molar-refractivity contribution >= 4 is 17.6 Å². The van der Waals surface area contributed by atoms with E-state index >= 15 is 0 Å². The van der Waals surface area contributed by atoms with E-state index in [0.29, 0.717) is 12.2 Å². The third kappa shape index (κ3) is 3.37. The van der Waals surface area contributed by atoms with E-state index in [4.69, 9.17) is 0 Å². The topological polar surface area (TPSA) is 52.7 Å². The van der Waals surface area contributed by atoms with E-state index in [1.165, 1.54) is 17.0 Å². The molecule has 2 saturated heterocycles. The summed E-state index contributed by atoms with van der Waals surface area (Å²) in [6.07, 6.45) is 3.41. The Labute approximate surface area is 141 Å². The summed E-state index contributed by atoms with van der Waals surface area (Å²) in [5, 5.41) is 2.98. The van der Waals surface area contributed by atoms with Crippen LogP contribution in [0.5, 0.6) is 0 Å². The first-order chi connectivity index (χ1) is 11.5. The number of hydrogen-bond acceptors (Lipinski definition) is 2. The summed E-state index contributed by atoms with van der Waals surface area (Å²) in [6.45, 7) is 4.51. The fourth-order valence-corrected chi connectivity index (χ4v) is 3.77. The lowest BCUT2D eigenvalue weighted by atomic mass is 9.98. The Kier molecular flexibility index (Phi) is 4.73. The van der Waals surface area contributed by atoms with Crippen molar-refractivity contribution in [2.75, 3.05) is 11.4 Å². The maximum atomic E-state index is 13.4. The number of carbonyl (C=O) groups excluding carboxylic acids is 2. The van der Waals surface area contributed by atoms with Crippen molar-refractivity contribution in [3.8, 4) is 0 Å². The van der Waals surface area contributed by atoms with Crippen LogP contribution >= 0.6 is 0 Å². The molecule has 130 valence electrons. The van der Waals surface area contributed by atoms with Gasteiger partial charge in [0.25, 0.3) is 0 Å². The fourth-order valence-electron chi connectivity index (χ4n) is 3.77. The highest BCUT2D eigenvalue weighted by Crippen LogP contribution is 2.25. The second-order valence-electron chi connectivity index (χ2n) is 6.87. The molecular weight excluding hydrogens is 309 g/mol. The van der Waals surface area contributed by atoms with E-state index in [1.54, 1.807) is 12.1 Å². The zero-order chi connectivity index (χ0) is 17.3. The summed E-state index contributed by atoms with van der Waals surface area (Å²) in [4.78, 5) is 28.3. The first-order valence-electron chi connectivity index (χ1n) is 8.60. The molecule has 2 fully saturated rings. The van der Waals surface area contributed by atoms with Crippen molar-refractivity contribution in [2.24, 2.45) is 0 Å². The number of likely N-dealkylation sites (tertiary alicyclic amines) is 1. The molecule has 0 aliphatic carbocycles. The minimum atomic E-state index is -0.372. The van der Waals surface area contributed by atoms with Crippen LogP contribution in [0.4, 0.5) is 14.9 Å². The monoisotopic (exact) mass is 333 g/mol. The summed E-state index contributed by atoms with van der Waals surface area (Å²) in [5.74, 6) is -0.464. The number of carbonyl (C=O) groups is 2. The number of amides is 3. The van der Waals surface area contributed by atoms with Gasteiger partial charge in [-0.25, -0.2) is 9.18 Å². The average Bonchev–Trinajstić information content (AvgIpc) is 2.87. The number of anilines is 1. The largest absolute Gasteiger partial charge is 0.333 e.